The topological polar surface area (TPSA) is 79.5 Å². The van der Waals surface area contributed by atoms with Crippen molar-refractivity contribution in [3.05, 3.63) is 95.3 Å². The van der Waals surface area contributed by atoms with Crippen molar-refractivity contribution in [3.8, 4) is 5.75 Å². The number of amides is 3. The molecule has 0 spiro atoms. The van der Waals surface area contributed by atoms with Gasteiger partial charge in [0.2, 0.25) is 0 Å². The van der Waals surface area contributed by atoms with E-state index in [0.29, 0.717) is 16.8 Å². The van der Waals surface area contributed by atoms with E-state index in [9.17, 15) is 27.2 Å². The highest BCUT2D eigenvalue weighted by atomic mass is 19.4. The van der Waals surface area contributed by atoms with E-state index < -0.39 is 30.7 Å². The summed E-state index contributed by atoms with van der Waals surface area (Å²) in [7, 11) is 0. The third kappa shape index (κ3) is 8.02. The second kappa shape index (κ2) is 11.4. The van der Waals surface area contributed by atoms with Gasteiger partial charge in [0.1, 0.15) is 11.6 Å². The minimum absolute atomic E-state index is 0.0268. The van der Waals surface area contributed by atoms with Gasteiger partial charge >= 0.3 is 12.2 Å². The van der Waals surface area contributed by atoms with E-state index in [0.717, 1.165) is 5.56 Å². The number of urea groups is 1. The molecule has 0 aliphatic carbocycles. The molecule has 0 heterocycles. The number of anilines is 1. The van der Waals surface area contributed by atoms with Gasteiger partial charge in [-0.05, 0) is 55.0 Å². The van der Waals surface area contributed by atoms with Gasteiger partial charge in [0.25, 0.3) is 5.91 Å². The molecule has 184 valence electrons. The SMILES string of the molecule is CC(NC(=O)NCc1ccccc1OCC(F)(F)F)c1ccc(NC(=O)c2ccc(F)cc2)cc1. The second-order valence-electron chi connectivity index (χ2n) is 7.64. The fourth-order valence-electron chi connectivity index (χ4n) is 3.12. The average molecular weight is 489 g/mol. The standard InChI is InChI=1S/C25H23F4N3O3/c1-16(17-8-12-21(13-9-17)32-23(33)18-6-10-20(26)11-7-18)31-24(34)30-14-19-4-2-3-5-22(19)35-15-25(27,28)29/h2-13,16H,14-15H2,1H3,(H,32,33)(H2,30,31,34). The van der Waals surface area contributed by atoms with Crippen LogP contribution in [0, 0.1) is 5.82 Å². The molecule has 0 bridgehead atoms. The molecule has 10 heteroatoms. The second-order valence-corrected chi connectivity index (χ2v) is 7.64. The van der Waals surface area contributed by atoms with Gasteiger partial charge in [0.05, 0.1) is 6.04 Å². The molecule has 3 N–H and O–H groups in total. The largest absolute Gasteiger partial charge is 0.484 e. The molecule has 3 rings (SSSR count). The fraction of sp³-hybridized carbons (Fsp3) is 0.200. The number of ether oxygens (including phenoxy) is 1. The van der Waals surface area contributed by atoms with Crippen molar-refractivity contribution in [1.82, 2.24) is 10.6 Å². The molecule has 35 heavy (non-hydrogen) atoms. The van der Waals surface area contributed by atoms with Crippen molar-refractivity contribution in [1.29, 1.82) is 0 Å². The molecule has 0 aromatic heterocycles. The molecule has 0 aliphatic rings. The van der Waals surface area contributed by atoms with Crippen molar-refractivity contribution >= 4 is 17.6 Å². The van der Waals surface area contributed by atoms with Crippen LogP contribution >= 0.6 is 0 Å². The number of nitrogens with one attached hydrogen (secondary N) is 3. The Balaban J connectivity index is 1.51. The van der Waals surface area contributed by atoms with Gasteiger partial charge in [-0.25, -0.2) is 9.18 Å². The highest BCUT2D eigenvalue weighted by Gasteiger charge is 2.28. The summed E-state index contributed by atoms with van der Waals surface area (Å²) in [6.07, 6.45) is -4.47. The lowest BCUT2D eigenvalue weighted by atomic mass is 10.1. The zero-order valence-corrected chi connectivity index (χ0v) is 18.7. The van der Waals surface area contributed by atoms with Gasteiger partial charge in [0.15, 0.2) is 6.61 Å². The Morgan fingerprint density at radius 3 is 2.26 bits per heavy atom. The maximum Gasteiger partial charge on any atom is 0.422 e. The Kier molecular flexibility index (Phi) is 8.30. The Morgan fingerprint density at radius 2 is 1.60 bits per heavy atom. The van der Waals surface area contributed by atoms with Gasteiger partial charge in [-0.1, -0.05) is 30.3 Å². The smallest absolute Gasteiger partial charge is 0.422 e. The van der Waals surface area contributed by atoms with E-state index in [1.54, 1.807) is 49.4 Å². The summed E-state index contributed by atoms with van der Waals surface area (Å²) in [6, 6.07) is 17.2. The van der Waals surface area contributed by atoms with Crippen LogP contribution in [0.15, 0.2) is 72.8 Å². The Morgan fingerprint density at radius 1 is 0.943 bits per heavy atom. The molecule has 0 fully saturated rings. The average Bonchev–Trinajstić information content (AvgIpc) is 2.82. The highest BCUT2D eigenvalue weighted by Crippen LogP contribution is 2.22. The summed E-state index contributed by atoms with van der Waals surface area (Å²) < 4.78 is 55.1. The van der Waals surface area contributed by atoms with Gasteiger partial charge in [-0.15, -0.1) is 0 Å². The molecule has 0 saturated carbocycles. The molecule has 1 atom stereocenters. The summed E-state index contributed by atoms with van der Waals surface area (Å²) in [6.45, 7) is 0.306. The monoisotopic (exact) mass is 489 g/mol. The predicted octanol–water partition coefficient (Wildman–Crippen LogP) is 5.58. The minimum Gasteiger partial charge on any atom is -0.484 e. The number of carbonyl (C=O) groups excluding carboxylic acids is 2. The van der Waals surface area contributed by atoms with E-state index in [-0.39, 0.29) is 18.2 Å². The van der Waals surface area contributed by atoms with E-state index in [4.69, 9.17) is 4.74 Å². The first-order valence-electron chi connectivity index (χ1n) is 10.6. The van der Waals surface area contributed by atoms with Crippen molar-refractivity contribution < 1.29 is 31.9 Å². The highest BCUT2D eigenvalue weighted by molar-refractivity contribution is 6.04. The number of carbonyl (C=O) groups is 2. The van der Waals surface area contributed by atoms with Crippen LogP contribution in [0.4, 0.5) is 28.0 Å². The lowest BCUT2D eigenvalue weighted by molar-refractivity contribution is -0.153. The molecule has 1 unspecified atom stereocenters. The van der Waals surface area contributed by atoms with E-state index >= 15 is 0 Å². The molecule has 3 amide bonds. The zero-order valence-electron chi connectivity index (χ0n) is 18.7. The third-order valence-electron chi connectivity index (χ3n) is 4.93. The number of para-hydroxylation sites is 1. The van der Waals surface area contributed by atoms with Crippen molar-refractivity contribution in [2.24, 2.45) is 0 Å². The molecular weight excluding hydrogens is 466 g/mol. The normalized spacial score (nSPS) is 11.9. The predicted molar refractivity (Wildman–Crippen MR) is 123 cm³/mol. The Labute approximate surface area is 199 Å². The Hall–Kier alpha value is -4.08. The minimum atomic E-state index is -4.47. The van der Waals surface area contributed by atoms with Crippen molar-refractivity contribution in [3.63, 3.8) is 0 Å². The van der Waals surface area contributed by atoms with E-state index in [1.807, 2.05) is 0 Å². The molecule has 0 radical (unpaired) electrons. The quantitative estimate of drug-likeness (QED) is 0.362. The van der Waals surface area contributed by atoms with Crippen LogP contribution in [-0.2, 0) is 6.54 Å². The molecule has 3 aromatic carbocycles. The summed E-state index contributed by atoms with van der Waals surface area (Å²) in [5.41, 5.74) is 2.00. The van der Waals surface area contributed by atoms with Gasteiger partial charge in [-0.2, -0.15) is 13.2 Å². The van der Waals surface area contributed by atoms with Crippen molar-refractivity contribution in [2.45, 2.75) is 25.7 Å². The maximum atomic E-state index is 13.0. The van der Waals surface area contributed by atoms with E-state index in [1.165, 1.54) is 30.3 Å². The number of halogens is 4. The van der Waals surface area contributed by atoms with Crippen LogP contribution in [0.5, 0.6) is 5.75 Å². The van der Waals surface area contributed by atoms with Crippen LogP contribution < -0.4 is 20.7 Å². The first-order valence-corrected chi connectivity index (χ1v) is 10.6. The molecular formula is C25H23F4N3O3. The van der Waals surface area contributed by atoms with Gasteiger partial charge in [-0.3, -0.25) is 4.79 Å². The summed E-state index contributed by atoms with van der Waals surface area (Å²) in [4.78, 5) is 24.5. The van der Waals surface area contributed by atoms with Crippen LogP contribution in [0.3, 0.4) is 0 Å². The van der Waals surface area contributed by atoms with Gasteiger partial charge < -0.3 is 20.7 Å². The maximum absolute atomic E-state index is 13.0. The lowest BCUT2D eigenvalue weighted by Crippen LogP contribution is -2.36. The number of benzene rings is 3. The van der Waals surface area contributed by atoms with Crippen LogP contribution in [0.1, 0.15) is 34.5 Å². The van der Waals surface area contributed by atoms with E-state index in [2.05, 4.69) is 16.0 Å². The number of hydrogen-bond acceptors (Lipinski definition) is 3. The lowest BCUT2D eigenvalue weighted by Gasteiger charge is -2.17. The van der Waals surface area contributed by atoms with Gasteiger partial charge in [0, 0.05) is 23.4 Å². The molecule has 6 nitrogen and oxygen atoms in total. The zero-order chi connectivity index (χ0) is 25.4. The first-order chi connectivity index (χ1) is 16.6. The number of rotatable bonds is 8. The molecule has 0 aliphatic heterocycles. The number of hydrogen-bond donors (Lipinski definition) is 3. The summed E-state index contributed by atoms with van der Waals surface area (Å²) in [5.74, 6) is -0.783. The van der Waals surface area contributed by atoms with Crippen LogP contribution in [0.25, 0.3) is 0 Å². The Bertz CT molecular complexity index is 1150. The summed E-state index contributed by atoms with van der Waals surface area (Å²) in [5, 5.41) is 8.05. The first kappa shape index (κ1) is 25.5. The summed E-state index contributed by atoms with van der Waals surface area (Å²) >= 11 is 0. The third-order valence-corrected chi connectivity index (χ3v) is 4.93. The van der Waals surface area contributed by atoms with Crippen LogP contribution in [0.2, 0.25) is 0 Å². The number of alkyl halides is 3. The molecule has 3 aromatic rings. The fourth-order valence-corrected chi connectivity index (χ4v) is 3.12. The molecule has 0 saturated heterocycles. The van der Waals surface area contributed by atoms with Crippen molar-refractivity contribution in [2.75, 3.05) is 11.9 Å². The van der Waals surface area contributed by atoms with Crippen LogP contribution in [-0.4, -0.2) is 24.7 Å².